The van der Waals surface area contributed by atoms with Crippen LogP contribution in [0.5, 0.6) is 0 Å². The van der Waals surface area contributed by atoms with Crippen LogP contribution in [0.25, 0.3) is 11.1 Å². The van der Waals surface area contributed by atoms with Crippen molar-refractivity contribution < 1.29 is 9.63 Å². The van der Waals surface area contributed by atoms with E-state index in [0.717, 1.165) is 62.1 Å². The molecule has 24 heavy (non-hydrogen) atoms. The third-order valence-electron chi connectivity index (χ3n) is 5.48. The molecule has 2 atom stereocenters. The van der Waals surface area contributed by atoms with Crippen molar-refractivity contribution in [3.63, 3.8) is 0 Å². The standard InChI is InChI=1S/C17H25N5O2/c1-11-15-16(18-10-19-17(15)24-21-11)20-12-6-8-22(9-7-12)13-4-2-3-5-14(13)23/h10,12-14,23H,2-9H2,1H3,(H,18,19,20)/t13-,14+/m0/s1. The predicted molar refractivity (Wildman–Crippen MR) is 90.8 cm³/mol. The monoisotopic (exact) mass is 331 g/mol. The highest BCUT2D eigenvalue weighted by atomic mass is 16.5. The van der Waals surface area contributed by atoms with Gasteiger partial charge in [-0.2, -0.15) is 4.98 Å². The zero-order chi connectivity index (χ0) is 16.5. The van der Waals surface area contributed by atoms with E-state index in [-0.39, 0.29) is 6.10 Å². The summed E-state index contributed by atoms with van der Waals surface area (Å²) >= 11 is 0. The van der Waals surface area contributed by atoms with Gasteiger partial charge in [0.15, 0.2) is 0 Å². The molecule has 0 spiro atoms. The molecule has 130 valence electrons. The number of likely N-dealkylation sites (tertiary alicyclic amines) is 1. The maximum atomic E-state index is 10.3. The number of aromatic nitrogens is 3. The van der Waals surface area contributed by atoms with Crippen LogP contribution >= 0.6 is 0 Å². The lowest BCUT2D eigenvalue weighted by molar-refractivity contribution is 0.00993. The molecule has 1 aliphatic carbocycles. The predicted octanol–water partition coefficient (Wildman–Crippen LogP) is 2.11. The normalized spacial score (nSPS) is 26.8. The lowest BCUT2D eigenvalue weighted by atomic mass is 9.89. The molecule has 2 aromatic rings. The first kappa shape index (κ1) is 15.8. The quantitative estimate of drug-likeness (QED) is 0.890. The number of nitrogens with zero attached hydrogens (tertiary/aromatic N) is 4. The number of hydrogen-bond donors (Lipinski definition) is 2. The third kappa shape index (κ3) is 2.98. The number of hydrogen-bond acceptors (Lipinski definition) is 7. The maximum absolute atomic E-state index is 10.3. The number of nitrogens with one attached hydrogen (secondary N) is 1. The summed E-state index contributed by atoms with van der Waals surface area (Å²) in [5, 5.41) is 18.7. The number of aliphatic hydroxyl groups is 1. The topological polar surface area (TPSA) is 87.3 Å². The van der Waals surface area contributed by atoms with E-state index in [1.807, 2.05) is 6.92 Å². The van der Waals surface area contributed by atoms with Gasteiger partial charge in [-0.1, -0.05) is 18.0 Å². The first-order valence-electron chi connectivity index (χ1n) is 8.98. The summed E-state index contributed by atoms with van der Waals surface area (Å²) in [6, 6.07) is 0.736. The molecular weight excluding hydrogens is 306 g/mol. The van der Waals surface area contributed by atoms with E-state index in [1.165, 1.54) is 12.7 Å². The Bertz CT molecular complexity index is 695. The van der Waals surface area contributed by atoms with Crippen molar-refractivity contribution in [3.8, 4) is 0 Å². The van der Waals surface area contributed by atoms with Crippen LogP contribution < -0.4 is 5.32 Å². The van der Waals surface area contributed by atoms with Gasteiger partial charge < -0.3 is 14.9 Å². The highest BCUT2D eigenvalue weighted by Gasteiger charge is 2.31. The number of aryl methyl sites for hydroxylation is 1. The Balaban J connectivity index is 1.40. The molecule has 0 unspecified atom stereocenters. The minimum atomic E-state index is -0.149. The molecule has 2 N–H and O–H groups in total. The van der Waals surface area contributed by atoms with Crippen LogP contribution in [0, 0.1) is 6.92 Å². The summed E-state index contributed by atoms with van der Waals surface area (Å²) in [7, 11) is 0. The van der Waals surface area contributed by atoms with Gasteiger partial charge in [0, 0.05) is 25.2 Å². The van der Waals surface area contributed by atoms with Crippen molar-refractivity contribution in [1.82, 2.24) is 20.0 Å². The summed E-state index contributed by atoms with van der Waals surface area (Å²) in [6.07, 6.45) is 7.97. The van der Waals surface area contributed by atoms with E-state index in [4.69, 9.17) is 4.52 Å². The minimum Gasteiger partial charge on any atom is -0.391 e. The van der Waals surface area contributed by atoms with E-state index in [1.54, 1.807) is 0 Å². The first-order valence-corrected chi connectivity index (χ1v) is 8.98. The maximum Gasteiger partial charge on any atom is 0.263 e. The molecule has 2 aliphatic rings. The Kier molecular flexibility index (Phi) is 4.37. The van der Waals surface area contributed by atoms with Gasteiger partial charge in [0.05, 0.1) is 11.8 Å². The molecule has 1 aliphatic heterocycles. The number of aliphatic hydroxyl groups excluding tert-OH is 1. The van der Waals surface area contributed by atoms with Crippen LogP contribution in [0.4, 0.5) is 5.82 Å². The largest absolute Gasteiger partial charge is 0.391 e. The van der Waals surface area contributed by atoms with Crippen molar-refractivity contribution in [2.24, 2.45) is 0 Å². The summed E-state index contributed by atoms with van der Waals surface area (Å²) in [5.74, 6) is 0.815. The van der Waals surface area contributed by atoms with E-state index in [2.05, 4.69) is 25.3 Å². The molecule has 3 heterocycles. The molecule has 1 saturated carbocycles. The average molecular weight is 331 g/mol. The first-order chi connectivity index (χ1) is 11.7. The van der Waals surface area contributed by atoms with Crippen molar-refractivity contribution in [3.05, 3.63) is 12.0 Å². The zero-order valence-corrected chi connectivity index (χ0v) is 14.1. The molecule has 7 heteroatoms. The Hall–Kier alpha value is -1.73. The summed E-state index contributed by atoms with van der Waals surface area (Å²) in [6.45, 7) is 3.96. The lowest BCUT2D eigenvalue weighted by Gasteiger charge is -2.41. The van der Waals surface area contributed by atoms with Crippen molar-refractivity contribution >= 4 is 16.9 Å². The third-order valence-corrected chi connectivity index (χ3v) is 5.48. The van der Waals surface area contributed by atoms with Crippen LogP contribution in [-0.4, -0.2) is 56.4 Å². The molecule has 2 fully saturated rings. The van der Waals surface area contributed by atoms with Gasteiger partial charge in [-0.3, -0.25) is 4.90 Å². The van der Waals surface area contributed by atoms with E-state index >= 15 is 0 Å². The van der Waals surface area contributed by atoms with Crippen LogP contribution in [0.3, 0.4) is 0 Å². The molecule has 2 aromatic heterocycles. The van der Waals surface area contributed by atoms with Gasteiger partial charge >= 0.3 is 0 Å². The van der Waals surface area contributed by atoms with E-state index in [0.29, 0.717) is 17.8 Å². The fourth-order valence-corrected chi connectivity index (χ4v) is 4.12. The Labute approximate surface area is 141 Å². The molecule has 0 aromatic carbocycles. The van der Waals surface area contributed by atoms with Gasteiger partial charge in [0.25, 0.3) is 5.71 Å². The van der Waals surface area contributed by atoms with Gasteiger partial charge in [0.2, 0.25) is 0 Å². The fourth-order valence-electron chi connectivity index (χ4n) is 4.12. The summed E-state index contributed by atoms with van der Waals surface area (Å²) < 4.78 is 5.21. The van der Waals surface area contributed by atoms with Crippen LogP contribution in [0.2, 0.25) is 0 Å². The number of piperidine rings is 1. The lowest BCUT2D eigenvalue weighted by Crippen LogP contribution is -2.50. The summed E-state index contributed by atoms with van der Waals surface area (Å²) in [4.78, 5) is 11.0. The average Bonchev–Trinajstić information content (AvgIpc) is 2.99. The van der Waals surface area contributed by atoms with Crippen LogP contribution in [-0.2, 0) is 0 Å². The number of anilines is 1. The van der Waals surface area contributed by atoms with E-state index < -0.39 is 0 Å². The molecule has 0 bridgehead atoms. The number of rotatable bonds is 3. The Morgan fingerprint density at radius 1 is 1.17 bits per heavy atom. The smallest absolute Gasteiger partial charge is 0.263 e. The second kappa shape index (κ2) is 6.64. The van der Waals surface area contributed by atoms with E-state index in [9.17, 15) is 5.11 Å². The second-order valence-electron chi connectivity index (χ2n) is 7.04. The second-order valence-corrected chi connectivity index (χ2v) is 7.04. The fraction of sp³-hybridized carbons (Fsp3) is 0.706. The summed E-state index contributed by atoms with van der Waals surface area (Å²) in [5.41, 5.74) is 1.35. The van der Waals surface area contributed by atoms with Gasteiger partial charge in [-0.05, 0) is 32.6 Å². The molecule has 4 rings (SSSR count). The molecule has 7 nitrogen and oxygen atoms in total. The highest BCUT2D eigenvalue weighted by molar-refractivity contribution is 5.87. The van der Waals surface area contributed by atoms with Crippen molar-refractivity contribution in [2.75, 3.05) is 18.4 Å². The van der Waals surface area contributed by atoms with Crippen LogP contribution in [0.1, 0.15) is 44.2 Å². The van der Waals surface area contributed by atoms with Crippen molar-refractivity contribution in [1.29, 1.82) is 0 Å². The highest BCUT2D eigenvalue weighted by Crippen LogP contribution is 2.28. The van der Waals surface area contributed by atoms with Gasteiger partial charge in [0.1, 0.15) is 17.5 Å². The molecule has 1 saturated heterocycles. The van der Waals surface area contributed by atoms with Crippen LogP contribution in [0.15, 0.2) is 10.9 Å². The molecule has 0 amide bonds. The Morgan fingerprint density at radius 2 is 1.96 bits per heavy atom. The van der Waals surface area contributed by atoms with Gasteiger partial charge in [-0.15, -0.1) is 0 Å². The number of fused-ring (bicyclic) bond motifs is 1. The molecular formula is C17H25N5O2. The van der Waals surface area contributed by atoms with Crippen molar-refractivity contribution in [2.45, 2.75) is 63.6 Å². The molecule has 0 radical (unpaired) electrons. The van der Waals surface area contributed by atoms with Gasteiger partial charge in [-0.25, -0.2) is 4.98 Å². The minimum absolute atomic E-state index is 0.149. The zero-order valence-electron chi connectivity index (χ0n) is 14.1. The Morgan fingerprint density at radius 3 is 2.75 bits per heavy atom. The SMILES string of the molecule is Cc1noc2ncnc(NC3CCN([C@H]4CCCC[C@H]4O)CC3)c12.